The summed E-state index contributed by atoms with van der Waals surface area (Å²) in [5, 5.41) is 8.14. The lowest BCUT2D eigenvalue weighted by molar-refractivity contribution is -0.125. The van der Waals surface area contributed by atoms with E-state index in [4.69, 9.17) is 0 Å². The lowest BCUT2D eigenvalue weighted by Crippen LogP contribution is -2.72. The Hall–Kier alpha value is -1.89. The largest absolute Gasteiger partial charge is 0.292 e. The minimum Gasteiger partial charge on any atom is -0.292 e. The van der Waals surface area contributed by atoms with Crippen LogP contribution in [0.5, 0.6) is 0 Å². The molecule has 0 aliphatic carbocycles. The molecule has 1 rings (SSSR count). The van der Waals surface area contributed by atoms with Gasteiger partial charge >= 0.3 is 0 Å². The summed E-state index contributed by atoms with van der Waals surface area (Å²) in [5.41, 5.74) is 0. The van der Waals surface area contributed by atoms with Gasteiger partial charge in [0.2, 0.25) is 0 Å². The molecule has 0 amide bonds. The van der Waals surface area contributed by atoms with Crippen LogP contribution in [0.3, 0.4) is 0 Å². The summed E-state index contributed by atoms with van der Waals surface area (Å²) < 4.78 is 0. The van der Waals surface area contributed by atoms with Crippen molar-refractivity contribution < 1.29 is 14.4 Å². The Kier molecular flexibility index (Phi) is 4.85. The Balaban J connectivity index is 2.91. The van der Waals surface area contributed by atoms with Gasteiger partial charge in [-0.15, -0.1) is 0 Å². The normalized spacial score (nSPS) is 27.0. The van der Waals surface area contributed by atoms with Crippen LogP contribution in [0.4, 0.5) is 0 Å². The van der Waals surface area contributed by atoms with Gasteiger partial charge in [-0.3, -0.25) is 30.3 Å². The van der Waals surface area contributed by atoms with Crippen LogP contribution < -0.4 is 16.0 Å². The van der Waals surface area contributed by atoms with Gasteiger partial charge in [-0.05, 0) is 18.2 Å². The fourth-order valence-corrected chi connectivity index (χ4v) is 1.49. The van der Waals surface area contributed by atoms with Crippen molar-refractivity contribution in [2.45, 2.75) is 18.5 Å². The first kappa shape index (κ1) is 14.2. The molecule has 0 bridgehead atoms. The number of ketones is 3. The molecule has 1 aliphatic rings. The molecule has 6 nitrogen and oxygen atoms in total. The first-order chi connectivity index (χ1) is 8.53. The fraction of sp³-hybridized carbons (Fsp3) is 0.250. The molecule has 1 saturated heterocycles. The Morgan fingerprint density at radius 2 is 0.889 bits per heavy atom. The highest BCUT2D eigenvalue weighted by Gasteiger charge is 2.34. The number of hydrogen-bond donors (Lipinski definition) is 3. The number of carbonyl (C=O) groups excluding carboxylic acids is 3. The maximum atomic E-state index is 11.5. The van der Waals surface area contributed by atoms with E-state index in [9.17, 15) is 14.4 Å². The molecule has 0 unspecified atom stereocenters. The average Bonchev–Trinajstić information content (AvgIpc) is 2.43. The van der Waals surface area contributed by atoms with Crippen molar-refractivity contribution in [3.8, 4) is 0 Å². The average molecular weight is 249 g/mol. The van der Waals surface area contributed by atoms with Crippen LogP contribution in [-0.4, -0.2) is 35.8 Å². The van der Waals surface area contributed by atoms with E-state index in [2.05, 4.69) is 35.7 Å². The maximum Gasteiger partial charge on any atom is 0.186 e. The molecule has 1 heterocycles. The van der Waals surface area contributed by atoms with Crippen LogP contribution in [0.15, 0.2) is 38.0 Å². The zero-order valence-electron chi connectivity index (χ0n) is 9.81. The van der Waals surface area contributed by atoms with Crippen molar-refractivity contribution in [3.05, 3.63) is 38.0 Å². The van der Waals surface area contributed by atoms with Gasteiger partial charge in [-0.2, -0.15) is 0 Å². The summed E-state index contributed by atoms with van der Waals surface area (Å²) in [5.74, 6) is -1.08. The SMILES string of the molecule is C=CC(=O)C1NC(C(=O)C=C)NC(C(=O)C=C)N1. The van der Waals surface area contributed by atoms with E-state index in [0.717, 1.165) is 18.2 Å². The van der Waals surface area contributed by atoms with Crippen molar-refractivity contribution in [1.82, 2.24) is 16.0 Å². The summed E-state index contributed by atoms with van der Waals surface area (Å²) in [6.45, 7) is 10.1. The Labute approximate surface area is 105 Å². The van der Waals surface area contributed by atoms with E-state index in [1.165, 1.54) is 0 Å². The van der Waals surface area contributed by atoms with Gasteiger partial charge in [-0.1, -0.05) is 19.7 Å². The van der Waals surface area contributed by atoms with Crippen molar-refractivity contribution >= 4 is 17.3 Å². The third kappa shape index (κ3) is 3.07. The monoisotopic (exact) mass is 249 g/mol. The molecule has 0 aromatic carbocycles. The third-order valence-electron chi connectivity index (χ3n) is 2.46. The van der Waals surface area contributed by atoms with Gasteiger partial charge in [0.15, 0.2) is 17.3 Å². The van der Waals surface area contributed by atoms with E-state index >= 15 is 0 Å². The van der Waals surface area contributed by atoms with Crippen LogP contribution in [0.1, 0.15) is 0 Å². The second-order valence-corrected chi connectivity index (χ2v) is 3.62. The maximum absolute atomic E-state index is 11.5. The standard InChI is InChI=1S/C12H15N3O3/c1-4-7(16)10-13-11(8(17)5-2)15-12(14-10)9(18)6-3/h4-6,10-15H,1-3H2. The third-order valence-corrected chi connectivity index (χ3v) is 2.46. The summed E-state index contributed by atoms with van der Waals surface area (Å²) in [6.07, 6.45) is 0.771. The minimum absolute atomic E-state index is 0.361. The zero-order chi connectivity index (χ0) is 13.7. The highest BCUT2D eigenvalue weighted by atomic mass is 16.1. The second kappa shape index (κ2) is 6.15. The quantitative estimate of drug-likeness (QED) is 0.524. The van der Waals surface area contributed by atoms with Gasteiger partial charge < -0.3 is 0 Å². The molecule has 0 aromatic heterocycles. The Morgan fingerprint density at radius 1 is 0.667 bits per heavy atom. The molecular formula is C12H15N3O3. The molecule has 96 valence electrons. The van der Waals surface area contributed by atoms with Crippen molar-refractivity contribution in [3.63, 3.8) is 0 Å². The minimum atomic E-state index is -0.855. The van der Waals surface area contributed by atoms with Gasteiger partial charge in [0.25, 0.3) is 0 Å². The predicted molar refractivity (Wildman–Crippen MR) is 66.4 cm³/mol. The van der Waals surface area contributed by atoms with Crippen molar-refractivity contribution in [2.24, 2.45) is 0 Å². The molecule has 0 radical (unpaired) electrons. The molecule has 0 aromatic rings. The number of carbonyl (C=O) groups is 3. The van der Waals surface area contributed by atoms with Crippen LogP contribution in [-0.2, 0) is 14.4 Å². The van der Waals surface area contributed by atoms with Crippen LogP contribution in [0.2, 0.25) is 0 Å². The molecular weight excluding hydrogens is 234 g/mol. The first-order valence-corrected chi connectivity index (χ1v) is 5.30. The topological polar surface area (TPSA) is 87.3 Å². The summed E-state index contributed by atoms with van der Waals surface area (Å²) in [4.78, 5) is 34.6. The van der Waals surface area contributed by atoms with Gasteiger partial charge in [-0.25, -0.2) is 0 Å². The van der Waals surface area contributed by atoms with E-state index < -0.39 is 18.5 Å². The van der Waals surface area contributed by atoms with E-state index in [1.54, 1.807) is 0 Å². The summed E-state index contributed by atoms with van der Waals surface area (Å²) in [7, 11) is 0. The summed E-state index contributed by atoms with van der Waals surface area (Å²) >= 11 is 0. The molecule has 0 saturated carbocycles. The van der Waals surface area contributed by atoms with E-state index in [-0.39, 0.29) is 17.3 Å². The van der Waals surface area contributed by atoms with Crippen molar-refractivity contribution in [2.75, 3.05) is 0 Å². The Morgan fingerprint density at radius 3 is 1.06 bits per heavy atom. The van der Waals surface area contributed by atoms with Gasteiger partial charge in [0.05, 0.1) is 0 Å². The molecule has 6 heteroatoms. The number of rotatable bonds is 6. The molecule has 0 spiro atoms. The molecule has 1 fully saturated rings. The first-order valence-electron chi connectivity index (χ1n) is 5.30. The van der Waals surface area contributed by atoms with Crippen LogP contribution in [0, 0.1) is 0 Å². The lowest BCUT2D eigenvalue weighted by Gasteiger charge is -2.35. The van der Waals surface area contributed by atoms with Crippen LogP contribution in [0.25, 0.3) is 0 Å². The molecule has 18 heavy (non-hydrogen) atoms. The fourth-order valence-electron chi connectivity index (χ4n) is 1.49. The summed E-state index contributed by atoms with van der Waals surface area (Å²) in [6, 6.07) is 0. The second-order valence-electron chi connectivity index (χ2n) is 3.62. The van der Waals surface area contributed by atoms with E-state index in [0.29, 0.717) is 0 Å². The highest BCUT2D eigenvalue weighted by Crippen LogP contribution is 2.00. The zero-order valence-corrected chi connectivity index (χ0v) is 9.81. The van der Waals surface area contributed by atoms with Gasteiger partial charge in [0, 0.05) is 0 Å². The molecule has 1 aliphatic heterocycles. The Bertz CT molecular complexity index is 349. The number of hydrogen-bond acceptors (Lipinski definition) is 6. The molecule has 3 N–H and O–H groups in total. The smallest absolute Gasteiger partial charge is 0.186 e. The van der Waals surface area contributed by atoms with Crippen LogP contribution >= 0.6 is 0 Å². The lowest BCUT2D eigenvalue weighted by atomic mass is 10.1. The van der Waals surface area contributed by atoms with Gasteiger partial charge in [0.1, 0.15) is 18.5 Å². The van der Waals surface area contributed by atoms with E-state index in [1.807, 2.05) is 0 Å². The highest BCUT2D eigenvalue weighted by molar-refractivity contribution is 5.99. The molecule has 0 atom stereocenters. The number of nitrogens with one attached hydrogen (secondary N) is 3. The van der Waals surface area contributed by atoms with Crippen molar-refractivity contribution in [1.29, 1.82) is 0 Å². The predicted octanol–water partition coefficient (Wildman–Crippen LogP) is -0.988.